The number of carbonyl (C=O) groups is 4. The van der Waals surface area contributed by atoms with E-state index in [1.807, 2.05) is 13.8 Å². The molecule has 4 amide bonds. The van der Waals surface area contributed by atoms with E-state index in [4.69, 9.17) is 28.9 Å². The van der Waals surface area contributed by atoms with Crippen molar-refractivity contribution in [3.05, 3.63) is 40.7 Å². The Morgan fingerprint density at radius 2 is 1.93 bits per heavy atom. The molecular weight excluding hydrogens is 436 g/mol. The smallest absolute Gasteiger partial charge is 0.251 e. The van der Waals surface area contributed by atoms with Crippen LogP contribution in [-0.2, 0) is 19.2 Å². The molecule has 0 bridgehead atoms. The topological polar surface area (TPSA) is 110 Å². The first-order valence-electron chi connectivity index (χ1n) is 9.17. The number of imide groups is 1. The van der Waals surface area contributed by atoms with Crippen LogP contribution in [-0.4, -0.2) is 47.0 Å². The molecule has 0 heterocycles. The van der Waals surface area contributed by atoms with Crippen molar-refractivity contribution in [3.8, 4) is 0 Å². The lowest BCUT2D eigenvalue weighted by Crippen LogP contribution is -2.51. The van der Waals surface area contributed by atoms with Crippen LogP contribution >= 0.6 is 23.2 Å². The minimum absolute atomic E-state index is 0.000957. The Morgan fingerprint density at radius 3 is 2.47 bits per heavy atom. The van der Waals surface area contributed by atoms with Crippen LogP contribution in [0.15, 0.2) is 24.3 Å². The zero-order valence-corrected chi connectivity index (χ0v) is 18.2. The number of benzene rings is 1. The lowest BCUT2D eigenvalue weighted by molar-refractivity contribution is -0.146. The molecule has 3 N–H and O–H groups in total. The lowest BCUT2D eigenvalue weighted by Gasteiger charge is -2.26. The van der Waals surface area contributed by atoms with Crippen molar-refractivity contribution in [3.63, 3.8) is 0 Å². The molecule has 10 heteroatoms. The summed E-state index contributed by atoms with van der Waals surface area (Å²) in [6, 6.07) is 2.95. The number of hydrogen-bond acceptors (Lipinski definition) is 4. The van der Waals surface area contributed by atoms with E-state index in [0.29, 0.717) is 0 Å². The van der Waals surface area contributed by atoms with Gasteiger partial charge < -0.3 is 11.1 Å². The average molecular weight is 460 g/mol. The van der Waals surface area contributed by atoms with E-state index in [9.17, 15) is 23.6 Å². The molecular formula is C20H24Cl2FN3O4. The molecule has 7 nitrogen and oxygen atoms in total. The van der Waals surface area contributed by atoms with Crippen molar-refractivity contribution in [2.24, 2.45) is 11.7 Å². The van der Waals surface area contributed by atoms with Gasteiger partial charge in [-0.3, -0.25) is 24.1 Å². The van der Waals surface area contributed by atoms with Crippen molar-refractivity contribution >= 4 is 52.9 Å². The maximum atomic E-state index is 13.8. The van der Waals surface area contributed by atoms with E-state index in [-0.39, 0.29) is 35.9 Å². The zero-order valence-electron chi connectivity index (χ0n) is 16.7. The molecule has 30 heavy (non-hydrogen) atoms. The van der Waals surface area contributed by atoms with Crippen LogP contribution in [0.2, 0.25) is 5.02 Å². The Balaban J connectivity index is 2.98. The first-order valence-corrected chi connectivity index (χ1v) is 10.1. The molecule has 0 aliphatic carbocycles. The van der Waals surface area contributed by atoms with Crippen molar-refractivity contribution in [2.75, 3.05) is 12.4 Å². The van der Waals surface area contributed by atoms with Crippen LogP contribution < -0.4 is 11.1 Å². The summed E-state index contributed by atoms with van der Waals surface area (Å²) >= 11 is 11.3. The summed E-state index contributed by atoms with van der Waals surface area (Å²) in [7, 11) is 0. The zero-order chi connectivity index (χ0) is 22.8. The quantitative estimate of drug-likeness (QED) is 0.413. The highest BCUT2D eigenvalue weighted by Crippen LogP contribution is 2.16. The van der Waals surface area contributed by atoms with Crippen LogP contribution in [0.3, 0.4) is 0 Å². The third kappa shape index (κ3) is 8.51. The molecule has 0 radical (unpaired) electrons. The van der Waals surface area contributed by atoms with Gasteiger partial charge in [0.25, 0.3) is 5.91 Å². The highest BCUT2D eigenvalue weighted by molar-refractivity contribution is 6.30. The summed E-state index contributed by atoms with van der Waals surface area (Å²) in [4.78, 5) is 49.1. The van der Waals surface area contributed by atoms with Gasteiger partial charge in [-0.25, -0.2) is 4.39 Å². The van der Waals surface area contributed by atoms with Crippen molar-refractivity contribution < 1.29 is 23.6 Å². The predicted molar refractivity (Wildman–Crippen MR) is 113 cm³/mol. The SMILES string of the molecule is CC(C)C[C@H](NC(=O)/C=C/c1ccc(Cl)cc1F)C(=O)N(CCC(N)=O)C(=O)CCl. The van der Waals surface area contributed by atoms with Gasteiger partial charge in [0.2, 0.25) is 17.7 Å². The molecule has 164 valence electrons. The number of nitrogens with zero attached hydrogens (tertiary/aromatic N) is 1. The van der Waals surface area contributed by atoms with Crippen LogP contribution in [0.4, 0.5) is 4.39 Å². The standard InChI is InChI=1S/C20H24Cl2FN3O4/c1-12(2)9-16(20(30)26(19(29)11-21)8-7-17(24)27)25-18(28)6-4-13-3-5-14(22)10-15(13)23/h3-6,10,12,16H,7-9,11H2,1-2H3,(H2,24,27)(H,25,28)/b6-4+/t16-/m0/s1. The van der Waals surface area contributed by atoms with Gasteiger partial charge in [0, 0.05) is 29.6 Å². The molecule has 0 saturated heterocycles. The van der Waals surface area contributed by atoms with E-state index in [2.05, 4.69) is 5.32 Å². The third-order valence-corrected chi connectivity index (χ3v) is 4.43. The number of amides is 4. The largest absolute Gasteiger partial charge is 0.370 e. The lowest BCUT2D eigenvalue weighted by atomic mass is 10.0. The number of halogens is 3. The summed E-state index contributed by atoms with van der Waals surface area (Å²) in [6.07, 6.45) is 2.32. The van der Waals surface area contributed by atoms with Gasteiger partial charge in [0.15, 0.2) is 0 Å². The van der Waals surface area contributed by atoms with Crippen LogP contribution in [0.25, 0.3) is 6.08 Å². The Labute approximate surface area is 184 Å². The van der Waals surface area contributed by atoms with Crippen LogP contribution in [0.5, 0.6) is 0 Å². The third-order valence-electron chi connectivity index (χ3n) is 3.96. The maximum absolute atomic E-state index is 13.8. The second-order valence-electron chi connectivity index (χ2n) is 6.92. The second-order valence-corrected chi connectivity index (χ2v) is 7.63. The van der Waals surface area contributed by atoms with Crippen molar-refractivity contribution in [1.29, 1.82) is 0 Å². The van der Waals surface area contributed by atoms with Gasteiger partial charge in [0.1, 0.15) is 17.7 Å². The first kappa shape index (κ1) is 25.6. The molecule has 0 aliphatic heterocycles. The van der Waals surface area contributed by atoms with E-state index >= 15 is 0 Å². The van der Waals surface area contributed by atoms with Crippen LogP contribution in [0.1, 0.15) is 32.3 Å². The highest BCUT2D eigenvalue weighted by atomic mass is 35.5. The fourth-order valence-corrected chi connectivity index (χ4v) is 2.86. The minimum atomic E-state index is -1.04. The maximum Gasteiger partial charge on any atom is 0.251 e. The van der Waals surface area contributed by atoms with Gasteiger partial charge in [0.05, 0.1) is 0 Å². The second kappa shape index (κ2) is 12.3. The summed E-state index contributed by atoms with van der Waals surface area (Å²) in [5.41, 5.74) is 5.24. The molecule has 0 spiro atoms. The molecule has 1 atom stereocenters. The number of rotatable bonds is 10. The number of carbonyl (C=O) groups excluding carboxylic acids is 4. The van der Waals surface area contributed by atoms with Gasteiger partial charge in [-0.15, -0.1) is 11.6 Å². The number of primary amides is 1. The highest BCUT2D eigenvalue weighted by Gasteiger charge is 2.30. The fraction of sp³-hybridized carbons (Fsp3) is 0.400. The molecule has 0 unspecified atom stereocenters. The summed E-state index contributed by atoms with van der Waals surface area (Å²) in [5.74, 6) is -3.82. The van der Waals surface area contributed by atoms with Gasteiger partial charge >= 0.3 is 0 Å². The van der Waals surface area contributed by atoms with E-state index in [1.165, 1.54) is 18.2 Å². The number of hydrogen-bond donors (Lipinski definition) is 2. The van der Waals surface area contributed by atoms with E-state index in [1.54, 1.807) is 0 Å². The van der Waals surface area contributed by atoms with Crippen LogP contribution in [0, 0.1) is 11.7 Å². The molecule has 1 rings (SSSR count). The number of nitrogens with one attached hydrogen (secondary N) is 1. The van der Waals surface area contributed by atoms with Gasteiger partial charge in [-0.2, -0.15) is 0 Å². The molecule has 1 aromatic rings. The van der Waals surface area contributed by atoms with Crippen molar-refractivity contribution in [2.45, 2.75) is 32.7 Å². The summed E-state index contributed by atoms with van der Waals surface area (Å²) in [6.45, 7) is 3.43. The van der Waals surface area contributed by atoms with E-state index < -0.39 is 41.4 Å². The summed E-state index contributed by atoms with van der Waals surface area (Å²) in [5, 5.41) is 2.74. The molecule has 0 aromatic heterocycles. The monoisotopic (exact) mass is 459 g/mol. The molecule has 0 saturated carbocycles. The van der Waals surface area contributed by atoms with Crippen molar-refractivity contribution in [1.82, 2.24) is 10.2 Å². The van der Waals surface area contributed by atoms with Gasteiger partial charge in [-0.1, -0.05) is 31.5 Å². The predicted octanol–water partition coefficient (Wildman–Crippen LogP) is 2.49. The minimum Gasteiger partial charge on any atom is -0.370 e. The Hall–Kier alpha value is -2.45. The van der Waals surface area contributed by atoms with Gasteiger partial charge in [-0.05, 0) is 30.5 Å². The van der Waals surface area contributed by atoms with E-state index in [0.717, 1.165) is 17.0 Å². The Bertz CT molecular complexity index is 830. The Morgan fingerprint density at radius 1 is 1.27 bits per heavy atom. The molecule has 1 aromatic carbocycles. The first-order chi connectivity index (χ1) is 14.0. The normalized spacial score (nSPS) is 12.1. The average Bonchev–Trinajstić information content (AvgIpc) is 2.65. The molecule has 0 fully saturated rings. The molecule has 0 aliphatic rings. The fourth-order valence-electron chi connectivity index (χ4n) is 2.55. The number of nitrogens with two attached hydrogens (primary N) is 1. The number of alkyl halides is 1. The summed E-state index contributed by atoms with van der Waals surface area (Å²) < 4.78 is 13.8. The Kier molecular flexibility index (Phi) is 10.5.